The summed E-state index contributed by atoms with van der Waals surface area (Å²) in [4.78, 5) is 12.0. The van der Waals surface area contributed by atoms with Gasteiger partial charge in [-0.05, 0) is 66.2 Å². The van der Waals surface area contributed by atoms with E-state index < -0.39 is 0 Å². The fraction of sp³-hybridized carbons (Fsp3) is 0.182. The second-order valence-electron chi connectivity index (χ2n) is 6.33. The van der Waals surface area contributed by atoms with Gasteiger partial charge in [-0.25, -0.2) is 5.43 Å². The number of halogens is 1. The van der Waals surface area contributed by atoms with Crippen molar-refractivity contribution < 1.29 is 14.3 Å². The number of aromatic nitrogens is 1. The Morgan fingerprint density at radius 1 is 1.07 bits per heavy atom. The van der Waals surface area contributed by atoms with E-state index in [2.05, 4.69) is 31.0 Å². The zero-order valence-corrected chi connectivity index (χ0v) is 18.1. The summed E-state index contributed by atoms with van der Waals surface area (Å²) in [7, 11) is 1.59. The second kappa shape index (κ2) is 9.43. The predicted molar refractivity (Wildman–Crippen MR) is 117 cm³/mol. The minimum Gasteiger partial charge on any atom is -0.497 e. The van der Waals surface area contributed by atoms with E-state index in [9.17, 15) is 4.79 Å². The molecule has 0 bridgehead atoms. The molecule has 0 aliphatic rings. The Kier molecular flexibility index (Phi) is 6.72. The molecule has 0 aliphatic carbocycles. The van der Waals surface area contributed by atoms with Crippen molar-refractivity contribution in [2.75, 3.05) is 13.7 Å². The third-order valence-corrected chi connectivity index (χ3v) is 5.44. The van der Waals surface area contributed by atoms with E-state index >= 15 is 0 Å². The summed E-state index contributed by atoms with van der Waals surface area (Å²) in [5, 5.41) is 4.08. The zero-order chi connectivity index (χ0) is 20.8. The molecule has 1 heterocycles. The first-order valence-corrected chi connectivity index (χ1v) is 9.82. The van der Waals surface area contributed by atoms with E-state index in [-0.39, 0.29) is 12.5 Å². The monoisotopic (exact) mass is 455 g/mol. The van der Waals surface area contributed by atoms with Crippen LogP contribution < -0.4 is 14.9 Å². The summed E-state index contributed by atoms with van der Waals surface area (Å²) in [6.07, 6.45) is 1.64. The number of hydrogen-bond donors (Lipinski definition) is 1. The van der Waals surface area contributed by atoms with Crippen LogP contribution in [0.1, 0.15) is 17.0 Å². The number of nitrogens with zero attached hydrogens (tertiary/aromatic N) is 2. The molecule has 0 aliphatic heterocycles. The van der Waals surface area contributed by atoms with Gasteiger partial charge in [0.2, 0.25) is 0 Å². The van der Waals surface area contributed by atoms with E-state index in [1.165, 1.54) is 0 Å². The molecule has 1 aromatic heterocycles. The Hall–Kier alpha value is -3.06. The number of nitrogens with one attached hydrogen (secondary N) is 1. The van der Waals surface area contributed by atoms with Crippen molar-refractivity contribution in [1.29, 1.82) is 0 Å². The number of ether oxygens (including phenoxy) is 2. The molecule has 1 N–H and O–H groups in total. The van der Waals surface area contributed by atoms with Gasteiger partial charge in [0.15, 0.2) is 6.61 Å². The molecular weight excluding hydrogens is 434 g/mol. The van der Waals surface area contributed by atoms with E-state index in [0.29, 0.717) is 5.75 Å². The third-order valence-electron chi connectivity index (χ3n) is 4.44. The van der Waals surface area contributed by atoms with Crippen molar-refractivity contribution in [2.24, 2.45) is 5.10 Å². The Balaban J connectivity index is 1.63. The molecule has 29 heavy (non-hydrogen) atoms. The van der Waals surface area contributed by atoms with Crippen molar-refractivity contribution in [3.05, 3.63) is 76.0 Å². The molecule has 3 aromatic rings. The van der Waals surface area contributed by atoms with Gasteiger partial charge >= 0.3 is 0 Å². The van der Waals surface area contributed by atoms with Gasteiger partial charge < -0.3 is 14.0 Å². The smallest absolute Gasteiger partial charge is 0.277 e. The number of hydrazone groups is 1. The summed E-state index contributed by atoms with van der Waals surface area (Å²) in [6, 6.07) is 17.1. The molecule has 2 aromatic carbocycles. The Bertz CT molecular complexity index is 1010. The fourth-order valence-corrected chi connectivity index (χ4v) is 3.53. The molecule has 1 amide bonds. The Labute approximate surface area is 178 Å². The molecule has 0 fully saturated rings. The van der Waals surface area contributed by atoms with Gasteiger partial charge in [-0.2, -0.15) is 5.10 Å². The number of amides is 1. The van der Waals surface area contributed by atoms with Gasteiger partial charge in [0.1, 0.15) is 11.5 Å². The Morgan fingerprint density at radius 2 is 1.72 bits per heavy atom. The number of carbonyl (C=O) groups is 1. The molecule has 0 unspecified atom stereocenters. The quantitative estimate of drug-likeness (QED) is 0.424. The number of methoxy groups -OCH3 is 1. The third kappa shape index (κ3) is 4.86. The highest BCUT2D eigenvalue weighted by molar-refractivity contribution is 9.10. The van der Waals surface area contributed by atoms with Gasteiger partial charge in [0.05, 0.1) is 13.3 Å². The molecule has 0 atom stereocenters. The lowest BCUT2D eigenvalue weighted by Gasteiger charge is -2.09. The van der Waals surface area contributed by atoms with Crippen LogP contribution in [-0.2, 0) is 4.79 Å². The van der Waals surface area contributed by atoms with Gasteiger partial charge in [-0.3, -0.25) is 4.79 Å². The van der Waals surface area contributed by atoms with Gasteiger partial charge in [-0.15, -0.1) is 0 Å². The first-order chi connectivity index (χ1) is 14.0. The van der Waals surface area contributed by atoms with Crippen molar-refractivity contribution in [2.45, 2.75) is 13.8 Å². The lowest BCUT2D eigenvalue weighted by Crippen LogP contribution is -2.24. The molecule has 6 nitrogen and oxygen atoms in total. The minimum absolute atomic E-state index is 0.131. The van der Waals surface area contributed by atoms with Crippen LogP contribution in [0.2, 0.25) is 0 Å². The molecule has 7 heteroatoms. The summed E-state index contributed by atoms with van der Waals surface area (Å²) >= 11 is 3.63. The SMILES string of the molecule is COc1ccc(OCC(=O)N/N=C/c2c(Br)c(C)n(-c3ccccc3)c2C)cc1. The van der Waals surface area contributed by atoms with Crippen LogP contribution in [0.5, 0.6) is 11.5 Å². The topological polar surface area (TPSA) is 64.8 Å². The lowest BCUT2D eigenvalue weighted by atomic mass is 10.2. The standard InChI is InChI=1S/C22H22BrN3O3/c1-15-20(22(23)16(2)26(15)17-7-5-4-6-8-17)13-24-25-21(27)14-29-19-11-9-18(28-3)10-12-19/h4-13H,14H2,1-3H3,(H,25,27)/b24-13+. The van der Waals surface area contributed by atoms with Crippen LogP contribution in [0.15, 0.2) is 64.2 Å². The van der Waals surface area contributed by atoms with Crippen molar-refractivity contribution in [3.8, 4) is 17.2 Å². The van der Waals surface area contributed by atoms with Crippen LogP contribution in [0, 0.1) is 13.8 Å². The van der Waals surface area contributed by atoms with Crippen LogP contribution >= 0.6 is 15.9 Å². The molecule has 0 spiro atoms. The van der Waals surface area contributed by atoms with Gasteiger partial charge in [-0.1, -0.05) is 18.2 Å². The van der Waals surface area contributed by atoms with Gasteiger partial charge in [0.25, 0.3) is 5.91 Å². The molecule has 0 saturated carbocycles. The molecule has 0 radical (unpaired) electrons. The first kappa shape index (κ1) is 20.7. The molecule has 3 rings (SSSR count). The maximum Gasteiger partial charge on any atom is 0.277 e. The van der Waals surface area contributed by atoms with E-state index in [1.54, 1.807) is 37.6 Å². The number of para-hydroxylation sites is 1. The van der Waals surface area contributed by atoms with Crippen molar-refractivity contribution in [1.82, 2.24) is 9.99 Å². The van der Waals surface area contributed by atoms with Crippen LogP contribution in [-0.4, -0.2) is 30.4 Å². The lowest BCUT2D eigenvalue weighted by molar-refractivity contribution is -0.123. The summed E-state index contributed by atoms with van der Waals surface area (Å²) in [5.74, 6) is 0.967. The normalized spacial score (nSPS) is 10.9. The average molecular weight is 456 g/mol. The predicted octanol–water partition coefficient (Wildman–Crippen LogP) is 4.39. The molecule has 150 valence electrons. The fourth-order valence-electron chi connectivity index (χ4n) is 2.96. The second-order valence-corrected chi connectivity index (χ2v) is 7.12. The number of rotatable bonds is 7. The van der Waals surface area contributed by atoms with Gasteiger partial charge in [0, 0.05) is 27.1 Å². The number of hydrogen-bond acceptors (Lipinski definition) is 4. The minimum atomic E-state index is -0.343. The van der Waals surface area contributed by atoms with Crippen LogP contribution in [0.25, 0.3) is 5.69 Å². The number of carbonyl (C=O) groups excluding carboxylic acids is 1. The summed E-state index contributed by atoms with van der Waals surface area (Å²) in [6.45, 7) is 3.91. The first-order valence-electron chi connectivity index (χ1n) is 9.03. The summed E-state index contributed by atoms with van der Waals surface area (Å²) in [5.41, 5.74) is 6.55. The van der Waals surface area contributed by atoms with E-state index in [4.69, 9.17) is 9.47 Å². The zero-order valence-electron chi connectivity index (χ0n) is 16.5. The Morgan fingerprint density at radius 3 is 2.38 bits per heavy atom. The highest BCUT2D eigenvalue weighted by Gasteiger charge is 2.15. The average Bonchev–Trinajstić information content (AvgIpc) is 2.96. The summed E-state index contributed by atoms with van der Waals surface area (Å²) < 4.78 is 13.6. The van der Waals surface area contributed by atoms with E-state index in [1.807, 2.05) is 44.2 Å². The van der Waals surface area contributed by atoms with Crippen molar-refractivity contribution >= 4 is 28.1 Å². The molecular formula is C22H22BrN3O3. The maximum absolute atomic E-state index is 12.0. The van der Waals surface area contributed by atoms with Crippen LogP contribution in [0.3, 0.4) is 0 Å². The van der Waals surface area contributed by atoms with E-state index in [0.717, 1.165) is 32.9 Å². The number of benzene rings is 2. The molecule has 0 saturated heterocycles. The highest BCUT2D eigenvalue weighted by Crippen LogP contribution is 2.29. The maximum atomic E-state index is 12.0. The van der Waals surface area contributed by atoms with Crippen molar-refractivity contribution in [3.63, 3.8) is 0 Å². The van der Waals surface area contributed by atoms with Crippen LogP contribution in [0.4, 0.5) is 0 Å². The largest absolute Gasteiger partial charge is 0.497 e. The highest BCUT2D eigenvalue weighted by atomic mass is 79.9.